The molecular weight excluding hydrogens is 268 g/mol. The maximum atomic E-state index is 11.4. The van der Waals surface area contributed by atoms with Crippen molar-refractivity contribution in [1.29, 1.82) is 0 Å². The molecule has 0 radical (unpaired) electrons. The number of hydrogen-bond donors (Lipinski definition) is 1. The lowest BCUT2D eigenvalue weighted by Crippen LogP contribution is -3.11. The summed E-state index contributed by atoms with van der Waals surface area (Å²) in [6.45, 7) is 6.68. The van der Waals surface area contributed by atoms with Gasteiger partial charge in [0.25, 0.3) is 0 Å². The quantitative estimate of drug-likeness (QED) is 0.734. The molecule has 1 fully saturated rings. The minimum absolute atomic E-state index is 0.0619. The molecule has 2 aromatic rings. The molecule has 1 aliphatic heterocycles. The number of pyridine rings is 1. The Morgan fingerprint density at radius 3 is 2.76 bits per heavy atom. The van der Waals surface area contributed by atoms with Crippen molar-refractivity contribution >= 4 is 11.6 Å². The summed E-state index contributed by atoms with van der Waals surface area (Å²) in [7, 11) is 2.18. The zero-order valence-electron chi connectivity index (χ0n) is 12.4. The van der Waals surface area contributed by atoms with Crippen LogP contribution in [0.5, 0.6) is 0 Å². The Balaban J connectivity index is 1.97. The maximum Gasteiger partial charge on any atom is 0.137 e. The molecule has 0 aromatic carbocycles. The first-order valence-electron chi connectivity index (χ1n) is 7.27. The van der Waals surface area contributed by atoms with Crippen LogP contribution in [0, 0.1) is 6.92 Å². The molecule has 2 aromatic heterocycles. The first-order chi connectivity index (χ1) is 10.0. The Hall–Kier alpha value is -1.92. The van der Waals surface area contributed by atoms with E-state index in [-0.39, 0.29) is 5.69 Å². The lowest BCUT2D eigenvalue weighted by molar-refractivity contribution is -0.884. The van der Waals surface area contributed by atoms with E-state index in [0.29, 0.717) is 17.9 Å². The minimum atomic E-state index is -1.20. The van der Waals surface area contributed by atoms with Crippen LogP contribution < -0.4 is 10.0 Å². The maximum absolute atomic E-state index is 11.4. The normalized spacial score (nSPS) is 17.4. The number of fused-ring (bicyclic) bond motifs is 1. The summed E-state index contributed by atoms with van der Waals surface area (Å²) in [4.78, 5) is 19.4. The van der Waals surface area contributed by atoms with E-state index in [1.54, 1.807) is 0 Å². The van der Waals surface area contributed by atoms with Gasteiger partial charge in [-0.1, -0.05) is 6.07 Å². The predicted molar refractivity (Wildman–Crippen MR) is 76.2 cm³/mol. The number of carbonyl (C=O) groups is 1. The molecule has 1 N–H and O–H groups in total. The van der Waals surface area contributed by atoms with Crippen molar-refractivity contribution in [3.63, 3.8) is 0 Å². The van der Waals surface area contributed by atoms with Crippen LogP contribution in [-0.2, 0) is 6.54 Å². The molecule has 0 amide bonds. The van der Waals surface area contributed by atoms with Crippen LogP contribution >= 0.6 is 0 Å². The molecule has 0 saturated carbocycles. The topological polar surface area (TPSA) is 65.1 Å². The number of aryl methyl sites for hydroxylation is 1. The fraction of sp³-hybridized carbons (Fsp3) is 0.467. The number of nitrogens with zero attached hydrogens (tertiary/aromatic N) is 3. The van der Waals surface area contributed by atoms with Crippen LogP contribution in [0.4, 0.5) is 0 Å². The van der Waals surface area contributed by atoms with Crippen molar-refractivity contribution in [2.45, 2.75) is 13.5 Å². The first kappa shape index (κ1) is 14.0. The molecule has 0 spiro atoms. The van der Waals surface area contributed by atoms with Gasteiger partial charge in [0.05, 0.1) is 31.8 Å². The summed E-state index contributed by atoms with van der Waals surface area (Å²) in [5, 5.41) is 11.4. The molecule has 0 atom stereocenters. The van der Waals surface area contributed by atoms with Crippen LogP contribution in [0.15, 0.2) is 18.3 Å². The number of nitrogens with one attached hydrogen (secondary N) is 1. The fourth-order valence-electron chi connectivity index (χ4n) is 2.82. The summed E-state index contributed by atoms with van der Waals surface area (Å²) < 4.78 is 1.88. The number of imidazole rings is 1. The molecule has 1 saturated heterocycles. The number of carboxylic acid groups (broad SMARTS) is 1. The van der Waals surface area contributed by atoms with Crippen molar-refractivity contribution in [2.24, 2.45) is 0 Å². The molecule has 0 aliphatic carbocycles. The number of aromatic nitrogens is 2. The first-order valence-corrected chi connectivity index (χ1v) is 7.27. The summed E-state index contributed by atoms with van der Waals surface area (Å²) in [6.07, 6.45) is 1.94. The van der Waals surface area contributed by atoms with E-state index >= 15 is 0 Å². The number of likely N-dealkylation sites (N-methyl/N-ethyl adjacent to an activating group) is 1. The number of hydrogen-bond acceptors (Lipinski definition) is 4. The second-order valence-corrected chi connectivity index (χ2v) is 5.86. The Morgan fingerprint density at radius 2 is 2.10 bits per heavy atom. The minimum Gasteiger partial charge on any atom is -0.543 e. The monoisotopic (exact) mass is 288 g/mol. The third-order valence-electron chi connectivity index (χ3n) is 4.14. The van der Waals surface area contributed by atoms with Gasteiger partial charge in [-0.3, -0.25) is 4.90 Å². The Labute approximate surface area is 123 Å². The number of aromatic carboxylic acids is 1. The van der Waals surface area contributed by atoms with E-state index in [4.69, 9.17) is 0 Å². The third-order valence-corrected chi connectivity index (χ3v) is 4.14. The van der Waals surface area contributed by atoms with Crippen LogP contribution in [0.3, 0.4) is 0 Å². The molecule has 6 nitrogen and oxygen atoms in total. The molecule has 6 heteroatoms. The van der Waals surface area contributed by atoms with Gasteiger partial charge in [0, 0.05) is 25.8 Å². The van der Waals surface area contributed by atoms with Gasteiger partial charge >= 0.3 is 0 Å². The van der Waals surface area contributed by atoms with Crippen molar-refractivity contribution in [3.8, 4) is 0 Å². The van der Waals surface area contributed by atoms with Gasteiger partial charge in [0.2, 0.25) is 0 Å². The average Bonchev–Trinajstić information content (AvgIpc) is 2.80. The van der Waals surface area contributed by atoms with Crippen LogP contribution in [0.25, 0.3) is 5.65 Å². The number of piperazine rings is 1. The van der Waals surface area contributed by atoms with Gasteiger partial charge in [0.1, 0.15) is 11.3 Å². The predicted octanol–water partition coefficient (Wildman–Crippen LogP) is -1.66. The highest BCUT2D eigenvalue weighted by Crippen LogP contribution is 2.16. The number of rotatable bonds is 3. The standard InChI is InChI=1S/C15H20N4O2/c1-11-3-4-13-16-14(15(20)21)12(19(13)9-11)10-18-7-5-17(2)6-8-18/h3-4,9H,5-8,10H2,1-2H3,(H,20,21). The van der Waals surface area contributed by atoms with Gasteiger partial charge in [0.15, 0.2) is 0 Å². The Morgan fingerprint density at radius 1 is 1.38 bits per heavy atom. The van der Waals surface area contributed by atoms with Crippen LogP contribution in [0.2, 0.25) is 0 Å². The highest BCUT2D eigenvalue weighted by molar-refractivity contribution is 5.86. The molecule has 0 unspecified atom stereocenters. The lowest BCUT2D eigenvalue weighted by atomic mass is 10.2. The SMILES string of the molecule is Cc1ccc2nc(C(=O)[O-])c(CN3CC[NH+](C)CC3)n2c1. The fourth-order valence-corrected chi connectivity index (χ4v) is 2.82. The van der Waals surface area contributed by atoms with Gasteiger partial charge in [-0.25, -0.2) is 4.98 Å². The number of quaternary nitrogens is 1. The molecule has 0 bridgehead atoms. The largest absolute Gasteiger partial charge is 0.543 e. The van der Waals surface area contributed by atoms with Gasteiger partial charge < -0.3 is 19.2 Å². The van der Waals surface area contributed by atoms with E-state index in [0.717, 1.165) is 31.7 Å². The zero-order chi connectivity index (χ0) is 15.0. The molecular formula is C15H20N4O2. The van der Waals surface area contributed by atoms with E-state index < -0.39 is 5.97 Å². The highest BCUT2D eigenvalue weighted by atomic mass is 16.4. The molecule has 3 heterocycles. The van der Waals surface area contributed by atoms with Crippen molar-refractivity contribution < 1.29 is 14.8 Å². The van der Waals surface area contributed by atoms with Crippen molar-refractivity contribution in [1.82, 2.24) is 14.3 Å². The zero-order valence-corrected chi connectivity index (χ0v) is 12.4. The second-order valence-electron chi connectivity index (χ2n) is 5.86. The van der Waals surface area contributed by atoms with Crippen LogP contribution in [0.1, 0.15) is 21.7 Å². The van der Waals surface area contributed by atoms with E-state index in [2.05, 4.69) is 16.9 Å². The molecule has 21 heavy (non-hydrogen) atoms. The number of carbonyl (C=O) groups excluding carboxylic acids is 1. The summed E-state index contributed by atoms with van der Waals surface area (Å²) >= 11 is 0. The number of carboxylic acids is 1. The second kappa shape index (κ2) is 5.46. The van der Waals surface area contributed by atoms with Crippen LogP contribution in [-0.4, -0.2) is 53.5 Å². The average molecular weight is 288 g/mol. The van der Waals surface area contributed by atoms with E-state index in [9.17, 15) is 9.90 Å². The van der Waals surface area contributed by atoms with Crippen molar-refractivity contribution in [2.75, 3.05) is 33.2 Å². The lowest BCUT2D eigenvalue weighted by Gasteiger charge is -2.30. The third kappa shape index (κ3) is 2.77. The molecule has 1 aliphatic rings. The van der Waals surface area contributed by atoms with Gasteiger partial charge in [-0.2, -0.15) is 0 Å². The summed E-state index contributed by atoms with van der Waals surface area (Å²) in [6, 6.07) is 3.78. The molecule has 3 rings (SSSR count). The van der Waals surface area contributed by atoms with Crippen molar-refractivity contribution in [3.05, 3.63) is 35.3 Å². The Bertz CT molecular complexity index is 672. The molecule has 112 valence electrons. The van der Waals surface area contributed by atoms with E-state index in [1.165, 1.54) is 4.90 Å². The Kier molecular flexibility index (Phi) is 3.65. The summed E-state index contributed by atoms with van der Waals surface area (Å²) in [5.74, 6) is -1.20. The highest BCUT2D eigenvalue weighted by Gasteiger charge is 2.21. The summed E-state index contributed by atoms with van der Waals surface area (Å²) in [5.41, 5.74) is 2.52. The van der Waals surface area contributed by atoms with Gasteiger partial charge in [-0.05, 0) is 18.6 Å². The van der Waals surface area contributed by atoms with E-state index in [1.807, 2.05) is 29.7 Å². The smallest absolute Gasteiger partial charge is 0.137 e. The van der Waals surface area contributed by atoms with Gasteiger partial charge in [-0.15, -0.1) is 0 Å².